The number of para-hydroxylation sites is 1. The molecule has 42 heavy (non-hydrogen) atoms. The summed E-state index contributed by atoms with van der Waals surface area (Å²) in [7, 11) is -4.32. The number of nitrogens with one attached hydrogen (secondary N) is 1. The fraction of sp³-hybridized carbons (Fsp3) is 0.481. The molecule has 0 spiro atoms. The maximum atomic E-state index is 13.9. The average Bonchev–Trinajstić information content (AvgIpc) is 3.53. The predicted molar refractivity (Wildman–Crippen MR) is 150 cm³/mol. The number of carbonyl (C=O) groups is 1. The van der Waals surface area contributed by atoms with Crippen LogP contribution in [0.1, 0.15) is 39.3 Å². The third-order valence-electron chi connectivity index (χ3n) is 7.19. The number of nitrogen functional groups attached to an aromatic ring is 1. The van der Waals surface area contributed by atoms with Gasteiger partial charge in [-0.3, -0.25) is 9.32 Å². The van der Waals surface area contributed by atoms with E-state index in [4.69, 9.17) is 24.3 Å². The van der Waals surface area contributed by atoms with E-state index >= 15 is 0 Å². The number of fused-ring (bicyclic) bond motifs is 1. The molecule has 5 N–H and O–H groups in total. The lowest BCUT2D eigenvalue weighted by Crippen LogP contribution is -2.41. The SMILES string of the molecule is CCC(CC)COC(=O)[C@H](C)NP(=O)(OC[C@H]1O[C@@](C#N)(c2ccc3c(N)ncnn23)[C@H](O)[C@@H]1O)Oc1ccccc1. The van der Waals surface area contributed by atoms with Crippen molar-refractivity contribution in [1.82, 2.24) is 19.7 Å². The number of nitrogens with zero attached hydrogens (tertiary/aromatic N) is 4. The van der Waals surface area contributed by atoms with Gasteiger partial charge in [-0.1, -0.05) is 44.9 Å². The number of aliphatic hydroxyl groups excluding tert-OH is 2. The number of rotatable bonds is 13. The highest BCUT2D eigenvalue weighted by atomic mass is 31.2. The van der Waals surface area contributed by atoms with Crippen LogP contribution in [0.15, 0.2) is 48.8 Å². The van der Waals surface area contributed by atoms with Gasteiger partial charge in [-0.05, 0) is 37.1 Å². The number of esters is 1. The van der Waals surface area contributed by atoms with E-state index in [1.54, 1.807) is 36.4 Å². The van der Waals surface area contributed by atoms with Crippen LogP contribution in [-0.2, 0) is 29.0 Å². The first-order valence-corrected chi connectivity index (χ1v) is 15.1. The third kappa shape index (κ3) is 6.42. The van der Waals surface area contributed by atoms with Crippen molar-refractivity contribution in [3.05, 3.63) is 54.5 Å². The molecule has 0 aliphatic carbocycles. The molecule has 3 aromatic rings. The molecule has 4 rings (SSSR count). The van der Waals surface area contributed by atoms with Crippen molar-refractivity contribution in [3.8, 4) is 11.8 Å². The number of nitriles is 1. The quantitative estimate of drug-likeness (QED) is 0.164. The molecule has 3 heterocycles. The minimum atomic E-state index is -4.32. The lowest BCUT2D eigenvalue weighted by atomic mass is 9.92. The molecule has 15 heteroatoms. The summed E-state index contributed by atoms with van der Waals surface area (Å²) in [5.41, 5.74) is 4.28. The molecule has 0 amide bonds. The lowest BCUT2D eigenvalue weighted by molar-refractivity contribution is -0.146. The van der Waals surface area contributed by atoms with E-state index < -0.39 is 50.3 Å². The largest absolute Gasteiger partial charge is 0.464 e. The van der Waals surface area contributed by atoms with Gasteiger partial charge >= 0.3 is 13.7 Å². The highest BCUT2D eigenvalue weighted by Gasteiger charge is 2.58. The van der Waals surface area contributed by atoms with E-state index in [1.807, 2.05) is 19.9 Å². The molecule has 0 saturated carbocycles. The van der Waals surface area contributed by atoms with Gasteiger partial charge in [-0.2, -0.15) is 15.4 Å². The topological polar surface area (TPSA) is 204 Å². The Balaban J connectivity index is 1.53. The molecule has 1 saturated heterocycles. The molecule has 14 nitrogen and oxygen atoms in total. The third-order valence-corrected chi connectivity index (χ3v) is 8.83. The van der Waals surface area contributed by atoms with Gasteiger partial charge in [0.15, 0.2) is 5.82 Å². The molecule has 0 bridgehead atoms. The van der Waals surface area contributed by atoms with Crippen molar-refractivity contribution >= 4 is 25.1 Å². The van der Waals surface area contributed by atoms with Gasteiger partial charge < -0.3 is 29.9 Å². The van der Waals surface area contributed by atoms with E-state index in [-0.39, 0.29) is 29.8 Å². The van der Waals surface area contributed by atoms with E-state index in [2.05, 4.69) is 15.2 Å². The predicted octanol–water partition coefficient (Wildman–Crippen LogP) is 2.31. The summed E-state index contributed by atoms with van der Waals surface area (Å²) in [5, 5.41) is 38.7. The molecule has 2 aromatic heterocycles. The smallest absolute Gasteiger partial charge is 0.459 e. The summed E-state index contributed by atoms with van der Waals surface area (Å²) >= 11 is 0. The number of benzene rings is 1. The normalized spacial score (nSPS) is 24.3. The molecular weight excluding hydrogens is 567 g/mol. The minimum Gasteiger partial charge on any atom is -0.464 e. The van der Waals surface area contributed by atoms with Crippen molar-refractivity contribution < 1.29 is 38.1 Å². The van der Waals surface area contributed by atoms with Crippen molar-refractivity contribution in [2.75, 3.05) is 18.9 Å². The Morgan fingerprint density at radius 1 is 1.26 bits per heavy atom. The first-order valence-electron chi connectivity index (χ1n) is 13.5. The Morgan fingerprint density at radius 2 is 1.98 bits per heavy atom. The Bertz CT molecular complexity index is 1460. The molecule has 1 aliphatic heterocycles. The number of carbonyl (C=O) groups excluding carboxylic acids is 1. The lowest BCUT2D eigenvalue weighted by Gasteiger charge is -2.25. The second kappa shape index (κ2) is 13.2. The molecule has 1 fully saturated rings. The second-order valence-corrected chi connectivity index (χ2v) is 11.7. The van der Waals surface area contributed by atoms with Gasteiger partial charge in [0.25, 0.3) is 0 Å². The van der Waals surface area contributed by atoms with Crippen LogP contribution >= 0.6 is 7.75 Å². The van der Waals surface area contributed by atoms with Gasteiger partial charge in [0.1, 0.15) is 48.0 Å². The maximum absolute atomic E-state index is 13.9. The molecule has 1 aliphatic rings. The Hall–Kier alpha value is -3.57. The van der Waals surface area contributed by atoms with Crippen LogP contribution < -0.4 is 15.3 Å². The summed E-state index contributed by atoms with van der Waals surface area (Å²) in [5.74, 6) is -0.143. The number of anilines is 1. The monoisotopic (exact) mass is 602 g/mol. The average molecular weight is 603 g/mol. The second-order valence-electron chi connectivity index (χ2n) is 9.96. The number of ether oxygens (including phenoxy) is 2. The van der Waals surface area contributed by atoms with E-state index in [9.17, 15) is 24.8 Å². The first kappa shape index (κ1) is 31.4. The van der Waals surface area contributed by atoms with E-state index in [0.717, 1.165) is 12.8 Å². The van der Waals surface area contributed by atoms with Gasteiger partial charge in [-0.15, -0.1) is 0 Å². The van der Waals surface area contributed by atoms with Crippen LogP contribution in [0, 0.1) is 17.2 Å². The van der Waals surface area contributed by atoms with Crippen molar-refractivity contribution in [2.24, 2.45) is 5.92 Å². The van der Waals surface area contributed by atoms with Crippen LogP contribution in [-0.4, -0.2) is 68.3 Å². The zero-order valence-electron chi connectivity index (χ0n) is 23.5. The molecular formula is C27H35N6O8P. The van der Waals surface area contributed by atoms with Crippen LogP contribution in [0.5, 0.6) is 5.75 Å². The number of nitrogens with two attached hydrogens (primary N) is 1. The molecule has 226 valence electrons. The van der Waals surface area contributed by atoms with Crippen molar-refractivity contribution in [2.45, 2.75) is 63.6 Å². The fourth-order valence-electron chi connectivity index (χ4n) is 4.57. The van der Waals surface area contributed by atoms with Crippen LogP contribution in [0.2, 0.25) is 0 Å². The van der Waals surface area contributed by atoms with Gasteiger partial charge in [0, 0.05) is 0 Å². The number of hydrogen-bond donors (Lipinski definition) is 4. The zero-order valence-corrected chi connectivity index (χ0v) is 24.4. The van der Waals surface area contributed by atoms with Crippen LogP contribution in [0.3, 0.4) is 0 Å². The van der Waals surface area contributed by atoms with Gasteiger partial charge in [0.05, 0.1) is 18.9 Å². The summed E-state index contributed by atoms with van der Waals surface area (Å²) < 4.78 is 37.8. The first-order chi connectivity index (χ1) is 20.1. The summed E-state index contributed by atoms with van der Waals surface area (Å²) in [6, 6.07) is 12.0. The fourth-order valence-corrected chi connectivity index (χ4v) is 6.07. The Labute approximate surface area is 242 Å². The number of aliphatic hydroxyl groups is 2. The Kier molecular flexibility index (Phi) is 9.83. The number of aromatic nitrogens is 3. The van der Waals surface area contributed by atoms with E-state index in [1.165, 1.54) is 23.8 Å². The molecule has 1 unspecified atom stereocenters. The summed E-state index contributed by atoms with van der Waals surface area (Å²) in [4.78, 5) is 16.6. The highest BCUT2D eigenvalue weighted by Crippen LogP contribution is 2.47. The molecule has 1 aromatic carbocycles. The van der Waals surface area contributed by atoms with Crippen LogP contribution in [0.25, 0.3) is 5.52 Å². The molecule has 0 radical (unpaired) electrons. The Morgan fingerprint density at radius 3 is 2.64 bits per heavy atom. The summed E-state index contributed by atoms with van der Waals surface area (Å²) in [6.45, 7) is 5.08. The summed E-state index contributed by atoms with van der Waals surface area (Å²) in [6.07, 6.45) is -1.87. The van der Waals surface area contributed by atoms with Crippen LogP contribution in [0.4, 0.5) is 5.82 Å². The van der Waals surface area contributed by atoms with Crippen molar-refractivity contribution in [3.63, 3.8) is 0 Å². The standard InChI is InChI=1S/C27H35N6O8P/c1-4-18(5-2)13-38-26(36)17(3)32-42(37,41-19-9-7-6-8-10-19)39-14-21-23(34)24(35)27(15-28,40-21)22-12-11-20-25(29)30-16-31-33(20)22/h6-12,16-18,21,23-24,34-35H,4-5,13-14H2,1-3H3,(H,32,37)(H2,29,30,31)/t17-,21+,23+,24+,27-,42?/m0/s1. The maximum Gasteiger partial charge on any atom is 0.459 e. The number of hydrogen-bond acceptors (Lipinski definition) is 12. The van der Waals surface area contributed by atoms with E-state index in [0.29, 0.717) is 5.52 Å². The van der Waals surface area contributed by atoms with Gasteiger partial charge in [-0.25, -0.2) is 14.1 Å². The van der Waals surface area contributed by atoms with Crippen molar-refractivity contribution in [1.29, 1.82) is 5.26 Å². The highest BCUT2D eigenvalue weighted by molar-refractivity contribution is 7.52. The molecule has 6 atom stereocenters. The van der Waals surface area contributed by atoms with Gasteiger partial charge in [0.2, 0.25) is 5.60 Å². The minimum absolute atomic E-state index is 0.0961. The zero-order chi connectivity index (χ0) is 30.5.